The second kappa shape index (κ2) is 4.75. The minimum atomic E-state index is 0.474. The highest BCUT2D eigenvalue weighted by atomic mass is 35.5. The van der Waals surface area contributed by atoms with Crippen LogP contribution in [-0.4, -0.2) is 16.5 Å². The van der Waals surface area contributed by atoms with Crippen LogP contribution in [0.25, 0.3) is 0 Å². The van der Waals surface area contributed by atoms with Crippen molar-refractivity contribution >= 4 is 29.0 Å². The molecule has 2 aromatic rings. The lowest BCUT2D eigenvalue weighted by atomic mass is 10.00. The summed E-state index contributed by atoms with van der Waals surface area (Å²) in [6.07, 6.45) is 2.46. The highest BCUT2D eigenvalue weighted by Crippen LogP contribution is 2.25. The van der Waals surface area contributed by atoms with Crippen molar-refractivity contribution in [3.8, 4) is 0 Å². The molecular weight excluding hydrogens is 269 g/mol. The predicted molar refractivity (Wildman–Crippen MR) is 73.2 cm³/mol. The second-order valence-electron chi connectivity index (χ2n) is 4.28. The van der Waals surface area contributed by atoms with Gasteiger partial charge in [0.05, 0.1) is 0 Å². The molecule has 5 heteroatoms. The Kier molecular flexibility index (Phi) is 3.10. The number of anilines is 1. The Morgan fingerprint density at radius 2 is 1.94 bits per heavy atom. The fourth-order valence-electron chi connectivity index (χ4n) is 2.21. The highest BCUT2D eigenvalue weighted by Gasteiger charge is 2.17. The van der Waals surface area contributed by atoms with Gasteiger partial charge in [-0.3, -0.25) is 0 Å². The van der Waals surface area contributed by atoms with Crippen LogP contribution in [0, 0.1) is 0 Å². The molecule has 0 saturated heterocycles. The maximum atomic E-state index is 6.00. The predicted octanol–water partition coefficient (Wildman–Crippen LogP) is 3.35. The molecule has 0 N–H and O–H groups in total. The van der Waals surface area contributed by atoms with Crippen molar-refractivity contribution in [3.05, 3.63) is 51.9 Å². The van der Waals surface area contributed by atoms with E-state index in [1.807, 2.05) is 12.1 Å². The fraction of sp³-hybridized carbons (Fsp3) is 0.231. The monoisotopic (exact) mass is 279 g/mol. The van der Waals surface area contributed by atoms with E-state index in [4.69, 9.17) is 23.2 Å². The Morgan fingerprint density at radius 3 is 2.78 bits per heavy atom. The first-order valence-electron chi connectivity index (χ1n) is 5.72. The first kappa shape index (κ1) is 11.8. The number of nitrogens with zero attached hydrogens (tertiary/aromatic N) is 3. The summed E-state index contributed by atoms with van der Waals surface area (Å²) in [5.74, 6) is 0.871. The Bertz CT molecular complexity index is 586. The normalized spacial score (nSPS) is 14.4. The molecule has 0 spiro atoms. The molecule has 0 atom stereocenters. The first-order chi connectivity index (χ1) is 8.72. The van der Waals surface area contributed by atoms with Crippen molar-refractivity contribution < 1.29 is 0 Å². The van der Waals surface area contributed by atoms with E-state index in [0.29, 0.717) is 5.15 Å². The number of benzene rings is 1. The number of hydrogen-bond acceptors (Lipinski definition) is 3. The van der Waals surface area contributed by atoms with Crippen LogP contribution in [0.5, 0.6) is 0 Å². The van der Waals surface area contributed by atoms with Crippen LogP contribution >= 0.6 is 23.2 Å². The van der Waals surface area contributed by atoms with Crippen LogP contribution in [-0.2, 0) is 13.0 Å². The van der Waals surface area contributed by atoms with Gasteiger partial charge in [0, 0.05) is 24.2 Å². The summed E-state index contributed by atoms with van der Waals surface area (Å²) in [5.41, 5.74) is 2.61. The fourth-order valence-corrected chi connectivity index (χ4v) is 2.55. The van der Waals surface area contributed by atoms with Gasteiger partial charge in [0.25, 0.3) is 0 Å². The number of hydrogen-bond donors (Lipinski definition) is 0. The summed E-state index contributed by atoms with van der Waals surface area (Å²) < 4.78 is 0. The summed E-state index contributed by atoms with van der Waals surface area (Å²) in [6.45, 7) is 1.75. The van der Waals surface area contributed by atoms with Gasteiger partial charge in [-0.25, -0.2) is 9.97 Å². The van der Waals surface area contributed by atoms with Gasteiger partial charge < -0.3 is 4.90 Å². The summed E-state index contributed by atoms with van der Waals surface area (Å²) >= 11 is 11.9. The van der Waals surface area contributed by atoms with E-state index in [1.165, 1.54) is 17.5 Å². The van der Waals surface area contributed by atoms with E-state index in [1.54, 1.807) is 6.07 Å². The maximum absolute atomic E-state index is 6.00. The quantitative estimate of drug-likeness (QED) is 0.750. The van der Waals surface area contributed by atoms with Crippen LogP contribution in [0.2, 0.25) is 10.2 Å². The zero-order valence-corrected chi connectivity index (χ0v) is 11.1. The second-order valence-corrected chi connectivity index (χ2v) is 5.11. The van der Waals surface area contributed by atoms with Gasteiger partial charge in [-0.2, -0.15) is 0 Å². The lowest BCUT2D eigenvalue weighted by molar-refractivity contribution is 0.719. The minimum Gasteiger partial charge on any atom is -0.352 e. The van der Waals surface area contributed by atoms with Crippen LogP contribution in [0.3, 0.4) is 0 Å². The van der Waals surface area contributed by atoms with Crippen molar-refractivity contribution in [2.75, 3.05) is 11.4 Å². The van der Waals surface area contributed by atoms with Crippen molar-refractivity contribution in [1.29, 1.82) is 0 Å². The number of rotatable bonds is 1. The van der Waals surface area contributed by atoms with Crippen molar-refractivity contribution in [1.82, 2.24) is 9.97 Å². The van der Waals surface area contributed by atoms with Gasteiger partial charge in [0.2, 0.25) is 0 Å². The first-order valence-corrected chi connectivity index (χ1v) is 6.48. The van der Waals surface area contributed by atoms with E-state index in [0.717, 1.165) is 30.4 Å². The van der Waals surface area contributed by atoms with Crippen LogP contribution in [0.1, 0.15) is 11.1 Å². The van der Waals surface area contributed by atoms with Gasteiger partial charge >= 0.3 is 0 Å². The summed E-state index contributed by atoms with van der Waals surface area (Å²) in [7, 11) is 0. The maximum Gasteiger partial charge on any atom is 0.134 e. The molecular formula is C13H11Cl2N3. The summed E-state index contributed by atoms with van der Waals surface area (Å²) in [5, 5.41) is 1.27. The molecule has 1 aliphatic rings. The van der Waals surface area contributed by atoms with Crippen LogP contribution < -0.4 is 4.90 Å². The molecule has 0 bridgehead atoms. The molecule has 1 aromatic carbocycles. The highest BCUT2D eigenvalue weighted by molar-refractivity contribution is 6.30. The zero-order chi connectivity index (χ0) is 12.5. The van der Waals surface area contributed by atoms with Crippen molar-refractivity contribution in [3.63, 3.8) is 0 Å². The molecule has 3 nitrogen and oxygen atoms in total. The molecule has 0 fully saturated rings. The Labute approximate surface area is 115 Å². The van der Waals surface area contributed by atoms with E-state index in [2.05, 4.69) is 20.9 Å². The molecule has 0 radical (unpaired) electrons. The number of aromatic nitrogens is 2. The molecule has 3 rings (SSSR count). The van der Waals surface area contributed by atoms with E-state index < -0.39 is 0 Å². The van der Waals surface area contributed by atoms with E-state index in [9.17, 15) is 0 Å². The lowest BCUT2D eigenvalue weighted by Gasteiger charge is -2.29. The van der Waals surface area contributed by atoms with Gasteiger partial charge in [-0.1, -0.05) is 29.3 Å². The SMILES string of the molecule is Clc1ccc2c(c1)CCN(c1cc(Cl)ncn1)C2. The lowest BCUT2D eigenvalue weighted by Crippen LogP contribution is -2.31. The third kappa shape index (κ3) is 2.28. The standard InChI is InChI=1S/C13H11Cl2N3/c14-11-2-1-10-7-18(4-3-9(10)5-11)13-6-12(15)16-8-17-13/h1-2,5-6,8H,3-4,7H2. The Morgan fingerprint density at radius 1 is 1.06 bits per heavy atom. The third-order valence-corrected chi connectivity index (χ3v) is 3.57. The zero-order valence-electron chi connectivity index (χ0n) is 9.61. The van der Waals surface area contributed by atoms with E-state index in [-0.39, 0.29) is 0 Å². The summed E-state index contributed by atoms with van der Waals surface area (Å²) in [4.78, 5) is 10.4. The average molecular weight is 280 g/mol. The summed E-state index contributed by atoms with van der Waals surface area (Å²) in [6, 6.07) is 7.84. The molecule has 1 aliphatic heterocycles. The largest absolute Gasteiger partial charge is 0.352 e. The van der Waals surface area contributed by atoms with Gasteiger partial charge in [0.1, 0.15) is 17.3 Å². The van der Waals surface area contributed by atoms with Gasteiger partial charge in [0.15, 0.2) is 0 Å². The molecule has 0 amide bonds. The van der Waals surface area contributed by atoms with Crippen molar-refractivity contribution in [2.24, 2.45) is 0 Å². The van der Waals surface area contributed by atoms with Gasteiger partial charge in [-0.15, -0.1) is 0 Å². The van der Waals surface area contributed by atoms with Gasteiger partial charge in [-0.05, 0) is 29.7 Å². The molecule has 0 unspecified atom stereocenters. The van der Waals surface area contributed by atoms with E-state index >= 15 is 0 Å². The smallest absolute Gasteiger partial charge is 0.134 e. The Balaban J connectivity index is 1.89. The topological polar surface area (TPSA) is 29.0 Å². The molecule has 1 aromatic heterocycles. The average Bonchev–Trinajstić information content (AvgIpc) is 2.38. The molecule has 92 valence electrons. The minimum absolute atomic E-state index is 0.474. The van der Waals surface area contributed by atoms with Crippen molar-refractivity contribution in [2.45, 2.75) is 13.0 Å². The number of halogens is 2. The Hall–Kier alpha value is -1.32. The third-order valence-electron chi connectivity index (χ3n) is 3.12. The van der Waals surface area contributed by atoms with Crippen LogP contribution in [0.15, 0.2) is 30.6 Å². The molecule has 0 saturated carbocycles. The molecule has 0 aliphatic carbocycles. The molecule has 18 heavy (non-hydrogen) atoms. The van der Waals surface area contributed by atoms with Crippen LogP contribution in [0.4, 0.5) is 5.82 Å². The number of fused-ring (bicyclic) bond motifs is 1. The molecule has 2 heterocycles.